The van der Waals surface area contributed by atoms with E-state index in [0.29, 0.717) is 24.3 Å². The van der Waals surface area contributed by atoms with Gasteiger partial charge in [-0.05, 0) is 120 Å². The molecule has 35 nitrogen and oxygen atoms in total. The Morgan fingerprint density at radius 2 is 0.789 bits per heavy atom. The van der Waals surface area contributed by atoms with Gasteiger partial charge in [0.2, 0.25) is 76.8 Å². The zero-order chi connectivity index (χ0) is 72.1. The number of nitrogens with two attached hydrogens (primary N) is 6. The topological polar surface area (TPSA) is 602 Å². The number of carboxylic acids is 2. The normalized spacial score (nSPS) is 14.7. The van der Waals surface area contributed by atoms with Gasteiger partial charge in [0.05, 0.1) is 25.2 Å². The SMILES string of the molecule is CSCC[C@H](NC(=O)[C@H](CC(C)C)NC(=O)[C@H](CC(N)=O)NC(=O)[C@H](CC(N)=O)NC(=O)[C@H](CCC(=O)O)NC(=O)[C@H](CCCCN)NC(=O)[C@H](Cc1cnc[nH]1)NC(=O)[C@H](CCCCN)NC(=O)[C@H](CC(C)C)NC(=O)[C@H](CCC(N)=O)NC(=O)[C@@H](N)CC(C)C)C(=O)O. The van der Waals surface area contributed by atoms with Crippen LogP contribution in [0.1, 0.15) is 150 Å². The Kier molecular flexibility index (Phi) is 40.0. The third-order valence-corrected chi connectivity index (χ3v) is 15.1. The number of aliphatic carboxylic acids is 2. The number of aromatic nitrogens is 2. The van der Waals surface area contributed by atoms with Crippen molar-refractivity contribution in [1.82, 2.24) is 63.1 Å². The van der Waals surface area contributed by atoms with Crippen molar-refractivity contribution < 1.29 is 82.1 Å². The number of primary amides is 3. The number of nitrogens with one attached hydrogen (secondary N) is 11. The molecular formula is C59H102N18O17S. The summed E-state index contributed by atoms with van der Waals surface area (Å²) in [5, 5.41) is 44.1. The zero-order valence-corrected chi connectivity index (χ0v) is 56.0. The number of unbranched alkanes of at least 4 members (excludes halogenated alkanes) is 2. The zero-order valence-electron chi connectivity index (χ0n) is 55.2. The second kappa shape index (κ2) is 45.0. The first-order valence-electron chi connectivity index (χ1n) is 31.6. The van der Waals surface area contributed by atoms with E-state index in [0.717, 1.165) is 0 Å². The number of rotatable bonds is 50. The molecule has 0 aliphatic heterocycles. The fourth-order valence-corrected chi connectivity index (χ4v) is 9.98. The Morgan fingerprint density at radius 3 is 1.15 bits per heavy atom. The number of carbonyl (C=O) groups excluding carboxylic acids is 13. The minimum absolute atomic E-state index is 0.0140. The third-order valence-electron chi connectivity index (χ3n) is 14.4. The summed E-state index contributed by atoms with van der Waals surface area (Å²) in [6, 6.07) is -16.8. The molecule has 1 aromatic rings. The van der Waals surface area contributed by atoms with Gasteiger partial charge in [-0.2, -0.15) is 11.8 Å². The molecule has 0 bridgehead atoms. The molecule has 0 unspecified atom stereocenters. The molecule has 536 valence electrons. The van der Waals surface area contributed by atoms with E-state index in [1.807, 2.05) is 13.8 Å². The number of hydrogen-bond donors (Lipinski definition) is 19. The maximum atomic E-state index is 14.6. The standard InChI is InChI=1S/C59H102N18O17S/c1-30(2)22-34(62)49(83)68-37(14-16-45(63)78)52(86)73-40(23-31(3)4)54(88)69-36(13-9-11-20-61)51(85)75-42(25-33-28-66-29-67-33)56(90)70-35(12-8-10-19-60)50(84)71-38(15-17-48(81)82)53(87)76-43(26-46(64)79)58(92)77-44(27-47(65)80)57(91)74-41(24-32(5)6)55(89)72-39(59(93)94)18-21-95-7/h28-32,34-44H,8-27,60-62H2,1-7H3,(H2,63,78)(H2,64,79)(H2,65,80)(H,66,67)(H,68,83)(H,69,88)(H,70,90)(H,71,84)(H,72,89)(H,73,86)(H,74,91)(H,75,85)(H,76,87)(H,77,92)(H,81,82)(H,93,94)/t34-,35-,36-,37-,38-,39-,40-,41-,42-,43-,44-/m0/s1. The lowest BCUT2D eigenvalue weighted by Gasteiger charge is -2.28. The van der Waals surface area contributed by atoms with Crippen LogP contribution in [0, 0.1) is 17.8 Å². The predicted octanol–water partition coefficient (Wildman–Crippen LogP) is -4.76. The van der Waals surface area contributed by atoms with E-state index < -0.39 is 181 Å². The average Bonchev–Trinajstić information content (AvgIpc) is 1.31. The summed E-state index contributed by atoms with van der Waals surface area (Å²) in [7, 11) is 0. The summed E-state index contributed by atoms with van der Waals surface area (Å²) < 4.78 is 0. The fourth-order valence-electron chi connectivity index (χ4n) is 9.51. The minimum atomic E-state index is -2.00. The molecule has 36 heteroatoms. The van der Waals surface area contributed by atoms with Gasteiger partial charge >= 0.3 is 11.9 Å². The fraction of sp³-hybridized carbons (Fsp3) is 0.695. The average molecular weight is 1370 g/mol. The summed E-state index contributed by atoms with van der Waals surface area (Å²) in [5.74, 6) is -16.1. The molecule has 0 saturated heterocycles. The first-order chi connectivity index (χ1) is 44.6. The first kappa shape index (κ1) is 84.5. The highest BCUT2D eigenvalue weighted by Crippen LogP contribution is 2.14. The summed E-state index contributed by atoms with van der Waals surface area (Å²) in [5.41, 5.74) is 34.3. The van der Waals surface area contributed by atoms with Crippen molar-refractivity contribution in [2.45, 2.75) is 217 Å². The van der Waals surface area contributed by atoms with Crippen molar-refractivity contribution in [3.05, 3.63) is 18.2 Å². The van der Waals surface area contributed by atoms with Crippen LogP contribution >= 0.6 is 11.8 Å². The lowest BCUT2D eigenvalue weighted by Crippen LogP contribution is -2.61. The Morgan fingerprint density at radius 1 is 0.442 bits per heavy atom. The lowest BCUT2D eigenvalue weighted by molar-refractivity contribution is -0.142. The van der Waals surface area contributed by atoms with Crippen molar-refractivity contribution >= 4 is 100 Å². The van der Waals surface area contributed by atoms with Crippen molar-refractivity contribution in [2.24, 2.45) is 52.2 Å². The number of H-pyrrole nitrogens is 1. The molecule has 0 fully saturated rings. The molecule has 0 saturated carbocycles. The number of imidazole rings is 1. The van der Waals surface area contributed by atoms with Crippen LogP contribution in [0.5, 0.6) is 0 Å². The maximum Gasteiger partial charge on any atom is 0.326 e. The second-order valence-corrected chi connectivity index (χ2v) is 25.3. The number of carboxylic acid groups (broad SMARTS) is 2. The highest BCUT2D eigenvalue weighted by Gasteiger charge is 2.38. The van der Waals surface area contributed by atoms with Crippen molar-refractivity contribution in [3.8, 4) is 0 Å². The van der Waals surface area contributed by atoms with Gasteiger partial charge in [0.25, 0.3) is 0 Å². The third kappa shape index (κ3) is 35.0. The van der Waals surface area contributed by atoms with Gasteiger partial charge in [0.15, 0.2) is 0 Å². The molecule has 0 aliphatic rings. The number of aromatic amines is 1. The van der Waals surface area contributed by atoms with Crippen LogP contribution in [-0.2, 0) is 78.3 Å². The van der Waals surface area contributed by atoms with Gasteiger partial charge in [0, 0.05) is 31.2 Å². The molecule has 0 aliphatic carbocycles. The van der Waals surface area contributed by atoms with Crippen LogP contribution in [0.2, 0.25) is 0 Å². The molecule has 13 amide bonds. The van der Waals surface area contributed by atoms with Crippen LogP contribution in [0.15, 0.2) is 12.5 Å². The molecule has 11 atom stereocenters. The Hall–Kier alpha value is -8.51. The van der Waals surface area contributed by atoms with E-state index in [-0.39, 0.29) is 101 Å². The summed E-state index contributed by atoms with van der Waals surface area (Å²) in [6.07, 6.45) is 1.26. The molecule has 0 aromatic carbocycles. The summed E-state index contributed by atoms with van der Waals surface area (Å²) in [6.45, 7) is 10.9. The van der Waals surface area contributed by atoms with E-state index in [1.54, 1.807) is 34.0 Å². The molecule has 95 heavy (non-hydrogen) atoms. The molecule has 1 rings (SSSR count). The van der Waals surface area contributed by atoms with Crippen molar-refractivity contribution in [2.75, 3.05) is 25.1 Å². The van der Waals surface area contributed by atoms with E-state index in [9.17, 15) is 82.1 Å². The lowest BCUT2D eigenvalue weighted by atomic mass is 10.00. The van der Waals surface area contributed by atoms with Crippen molar-refractivity contribution in [3.63, 3.8) is 0 Å². The molecule has 1 heterocycles. The smallest absolute Gasteiger partial charge is 0.326 e. The molecular weight excluding hydrogens is 1260 g/mol. The van der Waals surface area contributed by atoms with Crippen molar-refractivity contribution in [1.29, 1.82) is 0 Å². The molecule has 25 N–H and O–H groups in total. The van der Waals surface area contributed by atoms with E-state index in [4.69, 9.17) is 34.4 Å². The van der Waals surface area contributed by atoms with Gasteiger partial charge in [-0.25, -0.2) is 9.78 Å². The number of hydrogen-bond acceptors (Lipinski definition) is 20. The second-order valence-electron chi connectivity index (χ2n) is 24.4. The first-order valence-corrected chi connectivity index (χ1v) is 33.0. The van der Waals surface area contributed by atoms with Gasteiger partial charge in [-0.3, -0.25) is 67.1 Å². The molecule has 1 aromatic heterocycles. The van der Waals surface area contributed by atoms with Crippen LogP contribution in [0.4, 0.5) is 0 Å². The van der Waals surface area contributed by atoms with Gasteiger partial charge in [-0.15, -0.1) is 0 Å². The monoisotopic (exact) mass is 1370 g/mol. The summed E-state index contributed by atoms with van der Waals surface area (Å²) >= 11 is 1.33. The minimum Gasteiger partial charge on any atom is -0.481 e. The van der Waals surface area contributed by atoms with Gasteiger partial charge in [-0.1, -0.05) is 41.5 Å². The van der Waals surface area contributed by atoms with Crippen LogP contribution in [-0.4, -0.2) is 200 Å². The van der Waals surface area contributed by atoms with Crippen LogP contribution < -0.4 is 87.6 Å². The van der Waals surface area contributed by atoms with E-state index in [2.05, 4.69) is 63.1 Å². The maximum absolute atomic E-state index is 14.6. The number of amides is 13. The Bertz CT molecular complexity index is 2720. The highest BCUT2D eigenvalue weighted by molar-refractivity contribution is 7.98. The molecule has 0 radical (unpaired) electrons. The highest BCUT2D eigenvalue weighted by atomic mass is 32.2. The summed E-state index contributed by atoms with van der Waals surface area (Å²) in [4.78, 5) is 208. The molecule has 0 spiro atoms. The van der Waals surface area contributed by atoms with Crippen LogP contribution in [0.25, 0.3) is 0 Å². The quantitative estimate of drug-likeness (QED) is 0.0272. The number of nitrogens with zero attached hydrogens (tertiary/aromatic N) is 1. The van der Waals surface area contributed by atoms with Crippen LogP contribution in [0.3, 0.4) is 0 Å². The van der Waals surface area contributed by atoms with Gasteiger partial charge in [0.1, 0.15) is 60.4 Å². The van der Waals surface area contributed by atoms with Gasteiger partial charge < -0.3 is 103 Å². The Labute approximate surface area is 556 Å². The largest absolute Gasteiger partial charge is 0.481 e. The van der Waals surface area contributed by atoms with E-state index in [1.165, 1.54) is 24.3 Å². The Balaban J connectivity index is 3.73. The van der Waals surface area contributed by atoms with E-state index >= 15 is 0 Å². The predicted molar refractivity (Wildman–Crippen MR) is 347 cm³/mol. The number of thioether (sulfide) groups is 1. The number of carbonyl (C=O) groups is 15.